The van der Waals surface area contributed by atoms with Gasteiger partial charge in [0, 0.05) is 26.2 Å². The maximum absolute atomic E-state index is 12.9. The third-order valence-electron chi connectivity index (χ3n) is 5.37. The lowest BCUT2D eigenvalue weighted by Crippen LogP contribution is -2.21. The van der Waals surface area contributed by atoms with Crippen molar-refractivity contribution < 1.29 is 14.3 Å². The van der Waals surface area contributed by atoms with Crippen molar-refractivity contribution in [3.8, 4) is 17.6 Å². The lowest BCUT2D eigenvalue weighted by atomic mass is 9.83. The number of thiophene rings is 1. The predicted octanol–water partition coefficient (Wildman–Crippen LogP) is 7.41. The highest BCUT2D eigenvalue weighted by Gasteiger charge is 2.31. The first-order valence-electron chi connectivity index (χ1n) is 9.93. The van der Waals surface area contributed by atoms with Gasteiger partial charge in [-0.1, -0.05) is 63.4 Å². The number of ether oxygens (including phenoxy) is 2. The van der Waals surface area contributed by atoms with Crippen LogP contribution in [0.3, 0.4) is 0 Å². The monoisotopic (exact) mass is 570 g/mol. The molecule has 168 valence electrons. The van der Waals surface area contributed by atoms with E-state index < -0.39 is 11.9 Å². The van der Waals surface area contributed by atoms with Crippen LogP contribution in [-0.4, -0.2) is 5.97 Å². The summed E-state index contributed by atoms with van der Waals surface area (Å²) < 4.78 is 13.0. The molecule has 0 fully saturated rings. The van der Waals surface area contributed by atoms with Crippen molar-refractivity contribution in [2.24, 2.45) is 5.73 Å². The molecule has 2 heterocycles. The minimum absolute atomic E-state index is 0.00523. The number of nitriles is 1. The second kappa shape index (κ2) is 8.97. The molecule has 0 spiro atoms. The van der Waals surface area contributed by atoms with Crippen LogP contribution in [0.15, 0.2) is 76.6 Å². The number of hydrogen-bond donors (Lipinski definition) is 1. The number of rotatable bonds is 3. The van der Waals surface area contributed by atoms with E-state index in [0.29, 0.717) is 21.7 Å². The molecule has 9 heteroatoms. The minimum atomic E-state index is -0.609. The zero-order valence-corrected chi connectivity index (χ0v) is 21.1. The normalized spacial score (nSPS) is 14.9. The molecule has 0 radical (unpaired) electrons. The number of fused-ring (bicyclic) bond motifs is 2. The highest BCUT2D eigenvalue weighted by atomic mass is 79.9. The standard InChI is InChI=1S/C25H13BrCl2N2O3S/c26-13-4-1-3-12(9-13)20-15-8-7-14(10-18(15)33-24(30)16(20)11-29)32-25(31)23-22(28)21-17(27)5-2-6-19(21)34-23/h1-10,20H,30H2. The largest absolute Gasteiger partial charge is 0.440 e. The quantitative estimate of drug-likeness (QED) is 0.204. The van der Waals surface area contributed by atoms with Crippen molar-refractivity contribution >= 4 is 66.5 Å². The summed E-state index contributed by atoms with van der Waals surface area (Å²) in [5.41, 5.74) is 7.99. The molecule has 3 aromatic carbocycles. The van der Waals surface area contributed by atoms with Gasteiger partial charge in [-0.3, -0.25) is 0 Å². The predicted molar refractivity (Wildman–Crippen MR) is 137 cm³/mol. The van der Waals surface area contributed by atoms with Crippen molar-refractivity contribution in [3.63, 3.8) is 0 Å². The van der Waals surface area contributed by atoms with Gasteiger partial charge in [-0.25, -0.2) is 4.79 Å². The van der Waals surface area contributed by atoms with Gasteiger partial charge in [0.2, 0.25) is 5.88 Å². The van der Waals surface area contributed by atoms with E-state index in [1.54, 1.807) is 30.3 Å². The molecule has 0 saturated heterocycles. The number of benzene rings is 3. The summed E-state index contributed by atoms with van der Waals surface area (Å²) in [5.74, 6) is -0.370. The van der Waals surface area contributed by atoms with Gasteiger partial charge < -0.3 is 15.2 Å². The first kappa shape index (κ1) is 22.8. The summed E-state index contributed by atoms with van der Waals surface area (Å²) in [5, 5.41) is 11.1. The summed E-state index contributed by atoms with van der Waals surface area (Å²) in [7, 11) is 0. The minimum Gasteiger partial charge on any atom is -0.440 e. The van der Waals surface area contributed by atoms with Crippen LogP contribution >= 0.6 is 50.5 Å². The molecule has 1 unspecified atom stereocenters. The van der Waals surface area contributed by atoms with Crippen molar-refractivity contribution in [1.29, 1.82) is 5.26 Å². The van der Waals surface area contributed by atoms with E-state index in [9.17, 15) is 10.1 Å². The van der Waals surface area contributed by atoms with Crippen LogP contribution in [0.25, 0.3) is 10.1 Å². The molecule has 1 aliphatic heterocycles. The SMILES string of the molecule is N#CC1=C(N)Oc2cc(OC(=O)c3sc4cccc(Cl)c4c3Cl)ccc2C1c1cccc(Br)c1. The van der Waals surface area contributed by atoms with E-state index in [1.807, 2.05) is 30.3 Å². The maximum Gasteiger partial charge on any atom is 0.355 e. The van der Waals surface area contributed by atoms with Gasteiger partial charge in [0.05, 0.1) is 16.0 Å². The van der Waals surface area contributed by atoms with Crippen LogP contribution in [0.2, 0.25) is 10.0 Å². The van der Waals surface area contributed by atoms with E-state index in [4.69, 9.17) is 38.4 Å². The Morgan fingerprint density at radius 1 is 1.15 bits per heavy atom. The van der Waals surface area contributed by atoms with Gasteiger partial charge >= 0.3 is 5.97 Å². The average Bonchev–Trinajstić information content (AvgIpc) is 3.15. The van der Waals surface area contributed by atoms with Gasteiger partial charge in [-0.2, -0.15) is 5.26 Å². The van der Waals surface area contributed by atoms with Gasteiger partial charge in [0.1, 0.15) is 28.0 Å². The van der Waals surface area contributed by atoms with Crippen LogP contribution in [0.4, 0.5) is 0 Å². The third-order valence-corrected chi connectivity index (χ3v) is 7.81. The fourth-order valence-corrected chi connectivity index (χ4v) is 6.12. The van der Waals surface area contributed by atoms with Gasteiger partial charge in [-0.15, -0.1) is 11.3 Å². The Morgan fingerprint density at radius 3 is 2.68 bits per heavy atom. The molecule has 1 aromatic heterocycles. The molecule has 5 rings (SSSR count). The number of halogens is 3. The Balaban J connectivity index is 1.50. The Labute approximate surface area is 217 Å². The Morgan fingerprint density at radius 2 is 1.94 bits per heavy atom. The van der Waals surface area contributed by atoms with E-state index in [0.717, 1.165) is 20.3 Å². The summed E-state index contributed by atoms with van der Waals surface area (Å²) >= 11 is 17.4. The van der Waals surface area contributed by atoms with E-state index in [-0.39, 0.29) is 21.5 Å². The Kier molecular flexibility index (Phi) is 6.00. The fraction of sp³-hybridized carbons (Fsp3) is 0.0400. The van der Waals surface area contributed by atoms with Crippen LogP contribution in [-0.2, 0) is 0 Å². The lowest BCUT2D eigenvalue weighted by molar-refractivity contribution is 0.0740. The molecule has 5 nitrogen and oxygen atoms in total. The second-order valence-electron chi connectivity index (χ2n) is 7.43. The summed E-state index contributed by atoms with van der Waals surface area (Å²) in [6.45, 7) is 0. The fourth-order valence-electron chi connectivity index (χ4n) is 3.88. The molecule has 1 aliphatic rings. The Hall–Kier alpha value is -3.02. The Bertz CT molecular complexity index is 1560. The molecular formula is C25H13BrCl2N2O3S. The molecule has 34 heavy (non-hydrogen) atoms. The van der Waals surface area contributed by atoms with Gasteiger partial charge in [0.25, 0.3) is 0 Å². The second-order valence-corrected chi connectivity index (χ2v) is 10.2. The number of allylic oxidation sites excluding steroid dienone is 1. The highest BCUT2D eigenvalue weighted by molar-refractivity contribution is 9.10. The first-order chi connectivity index (χ1) is 16.4. The number of nitrogens with two attached hydrogens (primary N) is 1. The van der Waals surface area contributed by atoms with Crippen LogP contribution in [0.1, 0.15) is 26.7 Å². The number of hydrogen-bond acceptors (Lipinski definition) is 6. The van der Waals surface area contributed by atoms with Gasteiger partial charge in [-0.05, 0) is 35.9 Å². The summed E-state index contributed by atoms with van der Waals surface area (Å²) in [6, 6.07) is 20.1. The number of carbonyl (C=O) groups is 1. The van der Waals surface area contributed by atoms with Crippen LogP contribution in [0.5, 0.6) is 11.5 Å². The van der Waals surface area contributed by atoms with E-state index in [2.05, 4.69) is 22.0 Å². The van der Waals surface area contributed by atoms with Crippen molar-refractivity contribution in [2.45, 2.75) is 5.92 Å². The molecule has 0 amide bonds. The van der Waals surface area contributed by atoms with E-state index >= 15 is 0 Å². The van der Waals surface area contributed by atoms with Crippen LogP contribution in [0, 0.1) is 11.3 Å². The molecule has 0 aliphatic carbocycles. The number of nitrogens with zero attached hydrogens (tertiary/aromatic N) is 1. The van der Waals surface area contributed by atoms with Crippen LogP contribution < -0.4 is 15.2 Å². The highest BCUT2D eigenvalue weighted by Crippen LogP contribution is 2.44. The average molecular weight is 572 g/mol. The molecular weight excluding hydrogens is 559 g/mol. The molecule has 1 atom stereocenters. The summed E-state index contributed by atoms with van der Waals surface area (Å²) in [6.07, 6.45) is 0. The van der Waals surface area contributed by atoms with Gasteiger partial charge in [0.15, 0.2) is 0 Å². The zero-order chi connectivity index (χ0) is 24.0. The molecule has 0 bridgehead atoms. The number of carbonyl (C=O) groups excluding carboxylic acids is 1. The first-order valence-corrected chi connectivity index (χ1v) is 12.3. The van der Waals surface area contributed by atoms with Crippen molar-refractivity contribution in [2.75, 3.05) is 0 Å². The molecule has 2 N–H and O–H groups in total. The maximum atomic E-state index is 12.9. The van der Waals surface area contributed by atoms with E-state index in [1.165, 1.54) is 11.3 Å². The van der Waals surface area contributed by atoms with Crippen molar-refractivity contribution in [1.82, 2.24) is 0 Å². The van der Waals surface area contributed by atoms with Crippen molar-refractivity contribution in [3.05, 3.63) is 103 Å². The third kappa shape index (κ3) is 3.93. The lowest BCUT2D eigenvalue weighted by Gasteiger charge is -2.26. The molecule has 0 saturated carbocycles. The summed E-state index contributed by atoms with van der Waals surface area (Å²) in [4.78, 5) is 13.2. The topological polar surface area (TPSA) is 85.3 Å². The molecule has 4 aromatic rings. The smallest absolute Gasteiger partial charge is 0.355 e. The number of esters is 1. The zero-order valence-electron chi connectivity index (χ0n) is 17.1.